The third kappa shape index (κ3) is 7.28. The second-order valence-electron chi connectivity index (χ2n) is 8.79. The molecule has 1 saturated heterocycles. The van der Waals surface area contributed by atoms with E-state index in [1.54, 1.807) is 36.4 Å². The molecular formula is C25H24BrCl2N3O5S2. The van der Waals surface area contributed by atoms with Crippen LogP contribution in [0.4, 0.5) is 11.4 Å². The van der Waals surface area contributed by atoms with E-state index in [0.29, 0.717) is 39.8 Å². The molecule has 202 valence electrons. The first-order valence-electron chi connectivity index (χ1n) is 11.5. The van der Waals surface area contributed by atoms with E-state index in [1.165, 1.54) is 34.6 Å². The molecule has 1 heterocycles. The normalized spacial score (nSPS) is 15.2. The van der Waals surface area contributed by atoms with Crippen LogP contribution in [0, 0.1) is 5.92 Å². The number of carbonyl (C=O) groups excluding carboxylic acids is 1. The van der Waals surface area contributed by atoms with Crippen molar-refractivity contribution in [3.05, 3.63) is 86.8 Å². The minimum atomic E-state index is -3.79. The van der Waals surface area contributed by atoms with E-state index in [9.17, 15) is 21.6 Å². The van der Waals surface area contributed by atoms with Gasteiger partial charge in [0.25, 0.3) is 10.0 Å². The van der Waals surface area contributed by atoms with Crippen molar-refractivity contribution in [2.75, 3.05) is 23.1 Å². The fourth-order valence-corrected chi connectivity index (χ4v) is 7.49. The first kappa shape index (κ1) is 28.8. The zero-order valence-electron chi connectivity index (χ0n) is 19.9. The largest absolute Gasteiger partial charge is 0.326 e. The Morgan fingerprint density at radius 2 is 1.50 bits per heavy atom. The molecule has 0 aliphatic carbocycles. The van der Waals surface area contributed by atoms with Gasteiger partial charge in [0.15, 0.2) is 0 Å². The smallest absolute Gasteiger partial charge is 0.261 e. The van der Waals surface area contributed by atoms with Crippen LogP contribution < -0.4 is 10.0 Å². The minimum absolute atomic E-state index is 0.0534. The van der Waals surface area contributed by atoms with Crippen molar-refractivity contribution in [3.8, 4) is 0 Å². The van der Waals surface area contributed by atoms with Gasteiger partial charge in [-0.3, -0.25) is 9.52 Å². The highest BCUT2D eigenvalue weighted by atomic mass is 79.9. The second kappa shape index (κ2) is 11.9. The van der Waals surface area contributed by atoms with Gasteiger partial charge in [-0.25, -0.2) is 21.1 Å². The van der Waals surface area contributed by atoms with Gasteiger partial charge >= 0.3 is 0 Å². The molecule has 1 fully saturated rings. The first-order chi connectivity index (χ1) is 17.9. The summed E-state index contributed by atoms with van der Waals surface area (Å²) in [5, 5.41) is 3.51. The fourth-order valence-electron chi connectivity index (χ4n) is 4.02. The molecule has 0 spiro atoms. The number of halogens is 3. The number of anilines is 2. The first-order valence-corrected chi connectivity index (χ1v) is 16.2. The maximum Gasteiger partial charge on any atom is 0.261 e. The average Bonchev–Trinajstić information content (AvgIpc) is 2.87. The number of benzene rings is 3. The van der Waals surface area contributed by atoms with Gasteiger partial charge in [0, 0.05) is 44.9 Å². The Kier molecular flexibility index (Phi) is 9.06. The Balaban J connectivity index is 1.31. The Labute approximate surface area is 240 Å². The van der Waals surface area contributed by atoms with Crippen LogP contribution in [0.2, 0.25) is 10.0 Å². The van der Waals surface area contributed by atoms with Crippen LogP contribution in [-0.4, -0.2) is 40.1 Å². The molecule has 1 aliphatic heterocycles. The lowest BCUT2D eigenvalue weighted by Gasteiger charge is -2.30. The highest BCUT2D eigenvalue weighted by Crippen LogP contribution is 2.27. The molecule has 1 aliphatic rings. The Morgan fingerprint density at radius 1 is 0.895 bits per heavy atom. The van der Waals surface area contributed by atoms with Crippen molar-refractivity contribution in [1.29, 1.82) is 0 Å². The SMILES string of the molecule is O=C(Nc1ccc(S(=O)(=O)Nc2ccc(Br)cc2)cc1)C1CCN(S(=O)(=O)Cc2ccc(Cl)cc2Cl)CC1. The zero-order valence-corrected chi connectivity index (χ0v) is 24.6. The molecule has 0 aromatic heterocycles. The minimum Gasteiger partial charge on any atom is -0.326 e. The monoisotopic (exact) mass is 659 g/mol. The van der Waals surface area contributed by atoms with E-state index in [4.69, 9.17) is 23.2 Å². The molecule has 0 saturated carbocycles. The number of amides is 1. The van der Waals surface area contributed by atoms with Gasteiger partial charge in [0.1, 0.15) is 0 Å². The van der Waals surface area contributed by atoms with E-state index >= 15 is 0 Å². The van der Waals surface area contributed by atoms with Crippen molar-refractivity contribution in [2.45, 2.75) is 23.5 Å². The molecule has 3 aromatic carbocycles. The number of sulfonamides is 2. The van der Waals surface area contributed by atoms with Gasteiger partial charge in [-0.15, -0.1) is 0 Å². The predicted octanol–water partition coefficient (Wildman–Crippen LogP) is 5.74. The molecule has 13 heteroatoms. The molecule has 0 bridgehead atoms. The van der Waals surface area contributed by atoms with Crippen LogP contribution in [0.15, 0.2) is 76.1 Å². The van der Waals surface area contributed by atoms with Gasteiger partial charge in [-0.2, -0.15) is 0 Å². The third-order valence-corrected chi connectivity index (χ3v) is 10.4. The number of carbonyl (C=O) groups is 1. The lowest BCUT2D eigenvalue weighted by molar-refractivity contribution is -0.120. The molecule has 4 rings (SSSR count). The summed E-state index contributed by atoms with van der Waals surface area (Å²) < 4.78 is 55.8. The predicted molar refractivity (Wildman–Crippen MR) is 153 cm³/mol. The standard InChI is InChI=1S/C25H24BrCl2N3O5S2/c26-19-2-5-22(6-3-19)30-38(35,36)23-9-7-21(8-10-23)29-25(32)17-11-13-31(14-12-17)37(33,34)16-18-1-4-20(27)15-24(18)28/h1-10,15,17,30H,11-14,16H2,(H,29,32). The van der Waals surface area contributed by atoms with Crippen molar-refractivity contribution in [3.63, 3.8) is 0 Å². The summed E-state index contributed by atoms with van der Waals surface area (Å²) in [6.45, 7) is 0.426. The van der Waals surface area contributed by atoms with E-state index in [-0.39, 0.29) is 35.6 Å². The lowest BCUT2D eigenvalue weighted by atomic mass is 9.97. The van der Waals surface area contributed by atoms with Gasteiger partial charge in [0.05, 0.1) is 10.6 Å². The van der Waals surface area contributed by atoms with Crippen LogP contribution in [0.1, 0.15) is 18.4 Å². The average molecular weight is 661 g/mol. The van der Waals surface area contributed by atoms with Gasteiger partial charge in [-0.05, 0) is 79.1 Å². The number of hydrogen-bond donors (Lipinski definition) is 2. The van der Waals surface area contributed by atoms with Crippen molar-refractivity contribution < 1.29 is 21.6 Å². The van der Waals surface area contributed by atoms with Crippen molar-refractivity contribution >= 4 is 76.5 Å². The number of nitrogens with one attached hydrogen (secondary N) is 2. The summed E-state index contributed by atoms with van der Waals surface area (Å²) in [7, 11) is -7.41. The third-order valence-electron chi connectivity index (χ3n) is 6.10. The molecular weight excluding hydrogens is 637 g/mol. The quantitative estimate of drug-likeness (QED) is 0.320. The molecule has 0 atom stereocenters. The maximum atomic E-state index is 12.9. The maximum absolute atomic E-state index is 12.9. The summed E-state index contributed by atoms with van der Waals surface area (Å²) in [6, 6.07) is 17.3. The Bertz CT molecular complexity index is 1530. The lowest BCUT2D eigenvalue weighted by Crippen LogP contribution is -2.41. The molecule has 3 aromatic rings. The summed E-state index contributed by atoms with van der Waals surface area (Å²) in [4.78, 5) is 12.9. The number of nitrogens with zero attached hydrogens (tertiary/aromatic N) is 1. The highest BCUT2D eigenvalue weighted by molar-refractivity contribution is 9.10. The summed E-state index contributed by atoms with van der Waals surface area (Å²) >= 11 is 15.3. The summed E-state index contributed by atoms with van der Waals surface area (Å²) in [6.07, 6.45) is 0.728. The molecule has 1 amide bonds. The van der Waals surface area contributed by atoms with E-state index in [0.717, 1.165) is 4.47 Å². The summed E-state index contributed by atoms with van der Waals surface area (Å²) in [5.41, 5.74) is 1.34. The van der Waals surface area contributed by atoms with Crippen molar-refractivity contribution in [1.82, 2.24) is 4.31 Å². The van der Waals surface area contributed by atoms with Gasteiger partial charge < -0.3 is 5.32 Å². The molecule has 8 nitrogen and oxygen atoms in total. The Hall–Kier alpha value is -2.15. The van der Waals surface area contributed by atoms with Crippen molar-refractivity contribution in [2.24, 2.45) is 5.92 Å². The fraction of sp³-hybridized carbons (Fsp3) is 0.240. The van der Waals surface area contributed by atoms with E-state index in [2.05, 4.69) is 26.0 Å². The number of hydrogen-bond acceptors (Lipinski definition) is 5. The zero-order chi connectivity index (χ0) is 27.5. The van der Waals surface area contributed by atoms with Gasteiger partial charge in [0.2, 0.25) is 15.9 Å². The number of rotatable bonds is 8. The Morgan fingerprint density at radius 3 is 2.11 bits per heavy atom. The van der Waals surface area contributed by atoms with Crippen LogP contribution in [-0.2, 0) is 30.6 Å². The summed E-state index contributed by atoms with van der Waals surface area (Å²) in [5.74, 6) is -0.861. The van der Waals surface area contributed by atoms with Crippen LogP contribution in [0.5, 0.6) is 0 Å². The van der Waals surface area contributed by atoms with Gasteiger partial charge in [-0.1, -0.05) is 45.2 Å². The second-order valence-corrected chi connectivity index (χ2v) is 14.2. The molecule has 38 heavy (non-hydrogen) atoms. The van der Waals surface area contributed by atoms with Crippen LogP contribution >= 0.6 is 39.1 Å². The molecule has 2 N–H and O–H groups in total. The van der Waals surface area contributed by atoms with Crippen LogP contribution in [0.25, 0.3) is 0 Å². The molecule has 0 radical (unpaired) electrons. The highest BCUT2D eigenvalue weighted by Gasteiger charge is 2.31. The topological polar surface area (TPSA) is 113 Å². The molecule has 0 unspecified atom stereocenters. The van der Waals surface area contributed by atoms with Crippen LogP contribution in [0.3, 0.4) is 0 Å². The van der Waals surface area contributed by atoms with E-state index < -0.39 is 20.0 Å². The van der Waals surface area contributed by atoms with E-state index in [1.807, 2.05) is 0 Å². The number of piperidine rings is 1.